The minimum absolute atomic E-state index is 0.240. The van der Waals surface area contributed by atoms with Crippen LogP contribution in [-0.2, 0) is 0 Å². The van der Waals surface area contributed by atoms with E-state index in [2.05, 4.69) is 10.1 Å². The summed E-state index contributed by atoms with van der Waals surface area (Å²) in [6.45, 7) is 3.78. The fourth-order valence-electron chi connectivity index (χ4n) is 1.52. The van der Waals surface area contributed by atoms with Gasteiger partial charge in [-0.3, -0.25) is 0 Å². The lowest BCUT2D eigenvalue weighted by Gasteiger charge is -2.10. The Morgan fingerprint density at radius 2 is 2.21 bits per heavy atom. The van der Waals surface area contributed by atoms with Crippen LogP contribution < -0.4 is 4.74 Å². The van der Waals surface area contributed by atoms with Crippen LogP contribution in [0.15, 0.2) is 28.8 Å². The van der Waals surface area contributed by atoms with Crippen molar-refractivity contribution in [2.75, 3.05) is 0 Å². The molecule has 2 aromatic rings. The number of benzene rings is 1. The summed E-state index contributed by atoms with van der Waals surface area (Å²) in [7, 11) is 0. The highest BCUT2D eigenvalue weighted by molar-refractivity contribution is 6.30. The molecule has 0 radical (unpaired) electrons. The highest BCUT2D eigenvalue weighted by Crippen LogP contribution is 2.26. The third-order valence-corrected chi connectivity index (χ3v) is 3.29. The van der Waals surface area contributed by atoms with E-state index in [0.29, 0.717) is 22.5 Å². The normalized spacial score (nSPS) is 14.1. The lowest BCUT2D eigenvalue weighted by Crippen LogP contribution is -2.04. The molecule has 2 atom stereocenters. The standard InChI is InChI=1S/C13H14Cl2N2O2/c1-3-11(15)12-16-13(19-17-12)8(2)18-10-6-4-5-9(14)7-10/h4-8,11H,3H2,1-2H3. The molecule has 1 aromatic carbocycles. The van der Waals surface area contributed by atoms with Crippen molar-refractivity contribution in [3.05, 3.63) is 41.0 Å². The molecule has 2 rings (SSSR count). The average molecular weight is 301 g/mol. The molecule has 102 valence electrons. The lowest BCUT2D eigenvalue weighted by molar-refractivity contribution is 0.175. The van der Waals surface area contributed by atoms with Gasteiger partial charge in [-0.1, -0.05) is 29.7 Å². The quantitative estimate of drug-likeness (QED) is 0.760. The lowest BCUT2D eigenvalue weighted by atomic mass is 10.3. The number of hydrogen-bond acceptors (Lipinski definition) is 4. The summed E-state index contributed by atoms with van der Waals surface area (Å²) in [6, 6.07) is 7.14. The molecule has 0 N–H and O–H groups in total. The van der Waals surface area contributed by atoms with E-state index in [1.165, 1.54) is 0 Å². The zero-order chi connectivity index (χ0) is 13.8. The number of aromatic nitrogens is 2. The van der Waals surface area contributed by atoms with Crippen molar-refractivity contribution in [1.82, 2.24) is 10.1 Å². The second-order valence-corrected chi connectivity index (χ2v) is 5.05. The van der Waals surface area contributed by atoms with E-state index in [1.54, 1.807) is 12.1 Å². The topological polar surface area (TPSA) is 48.2 Å². The van der Waals surface area contributed by atoms with Gasteiger partial charge in [0, 0.05) is 5.02 Å². The first-order valence-corrected chi connectivity index (χ1v) is 6.81. The fourth-order valence-corrected chi connectivity index (χ4v) is 1.79. The van der Waals surface area contributed by atoms with Crippen molar-refractivity contribution in [3.8, 4) is 5.75 Å². The van der Waals surface area contributed by atoms with Crippen LogP contribution >= 0.6 is 23.2 Å². The third kappa shape index (κ3) is 3.61. The van der Waals surface area contributed by atoms with Crippen molar-refractivity contribution in [3.63, 3.8) is 0 Å². The second kappa shape index (κ2) is 6.26. The van der Waals surface area contributed by atoms with Crippen LogP contribution in [0.4, 0.5) is 0 Å². The largest absolute Gasteiger partial charge is 0.481 e. The van der Waals surface area contributed by atoms with Gasteiger partial charge in [-0.15, -0.1) is 11.6 Å². The van der Waals surface area contributed by atoms with Crippen LogP contribution in [0.3, 0.4) is 0 Å². The first-order valence-electron chi connectivity index (χ1n) is 6.00. The van der Waals surface area contributed by atoms with Gasteiger partial charge in [0.15, 0.2) is 11.9 Å². The first-order chi connectivity index (χ1) is 9.10. The van der Waals surface area contributed by atoms with E-state index in [0.717, 1.165) is 6.42 Å². The van der Waals surface area contributed by atoms with Gasteiger partial charge in [0.25, 0.3) is 5.89 Å². The number of alkyl halides is 1. The van der Waals surface area contributed by atoms with Crippen LogP contribution in [0, 0.1) is 0 Å². The summed E-state index contributed by atoms with van der Waals surface area (Å²) in [5.41, 5.74) is 0. The third-order valence-electron chi connectivity index (χ3n) is 2.55. The molecule has 0 aliphatic rings. The van der Waals surface area contributed by atoms with E-state index < -0.39 is 0 Å². The zero-order valence-corrected chi connectivity index (χ0v) is 12.1. The van der Waals surface area contributed by atoms with E-state index in [1.807, 2.05) is 26.0 Å². The minimum atomic E-state index is -0.361. The molecule has 4 nitrogen and oxygen atoms in total. The van der Waals surface area contributed by atoms with Gasteiger partial charge >= 0.3 is 0 Å². The fraction of sp³-hybridized carbons (Fsp3) is 0.385. The predicted molar refractivity (Wildman–Crippen MR) is 73.7 cm³/mol. The molecule has 0 aliphatic heterocycles. The highest BCUT2D eigenvalue weighted by Gasteiger charge is 2.19. The van der Waals surface area contributed by atoms with Crippen molar-refractivity contribution < 1.29 is 9.26 Å². The van der Waals surface area contributed by atoms with Gasteiger partial charge in [0.1, 0.15) is 5.75 Å². The molecule has 6 heteroatoms. The molecular formula is C13H14Cl2N2O2. The van der Waals surface area contributed by atoms with E-state index >= 15 is 0 Å². The zero-order valence-electron chi connectivity index (χ0n) is 10.6. The molecular weight excluding hydrogens is 287 g/mol. The average Bonchev–Trinajstić information content (AvgIpc) is 2.87. The Morgan fingerprint density at radius 1 is 1.42 bits per heavy atom. The Hall–Kier alpha value is -1.26. The van der Waals surface area contributed by atoms with E-state index in [9.17, 15) is 0 Å². The number of rotatable bonds is 5. The first kappa shape index (κ1) is 14.2. The molecule has 0 bridgehead atoms. The molecule has 0 saturated carbocycles. The molecule has 0 spiro atoms. The van der Waals surface area contributed by atoms with Crippen LogP contribution in [0.5, 0.6) is 5.75 Å². The van der Waals surface area contributed by atoms with Crippen LogP contribution in [0.1, 0.15) is 43.5 Å². The number of halogens is 2. The smallest absolute Gasteiger partial charge is 0.267 e. The van der Waals surface area contributed by atoms with Crippen LogP contribution in [0.25, 0.3) is 0 Å². The van der Waals surface area contributed by atoms with Gasteiger partial charge < -0.3 is 9.26 Å². The van der Waals surface area contributed by atoms with Crippen molar-refractivity contribution in [2.45, 2.75) is 31.7 Å². The SMILES string of the molecule is CCC(Cl)c1noc(C(C)Oc2cccc(Cl)c2)n1. The molecule has 2 unspecified atom stereocenters. The molecule has 0 aliphatic carbocycles. The minimum Gasteiger partial charge on any atom is -0.481 e. The Labute approximate surface area is 121 Å². The maximum atomic E-state index is 6.05. The van der Waals surface area contributed by atoms with Crippen molar-refractivity contribution in [2.24, 2.45) is 0 Å². The Bertz CT molecular complexity index is 545. The molecule has 19 heavy (non-hydrogen) atoms. The van der Waals surface area contributed by atoms with Crippen molar-refractivity contribution >= 4 is 23.2 Å². The number of ether oxygens (including phenoxy) is 1. The van der Waals surface area contributed by atoms with Crippen LogP contribution in [-0.4, -0.2) is 10.1 Å². The highest BCUT2D eigenvalue weighted by atomic mass is 35.5. The maximum absolute atomic E-state index is 6.05. The van der Waals surface area contributed by atoms with E-state index in [-0.39, 0.29) is 11.5 Å². The van der Waals surface area contributed by atoms with Gasteiger partial charge in [0.2, 0.25) is 0 Å². The second-order valence-electron chi connectivity index (χ2n) is 4.08. The van der Waals surface area contributed by atoms with E-state index in [4.69, 9.17) is 32.5 Å². The summed E-state index contributed by atoms with van der Waals surface area (Å²) in [4.78, 5) is 4.23. The number of hydrogen-bond donors (Lipinski definition) is 0. The summed E-state index contributed by atoms with van der Waals surface area (Å²) >= 11 is 11.9. The maximum Gasteiger partial charge on any atom is 0.267 e. The summed E-state index contributed by atoms with van der Waals surface area (Å²) in [5, 5.41) is 4.22. The van der Waals surface area contributed by atoms with Gasteiger partial charge in [-0.2, -0.15) is 4.98 Å². The van der Waals surface area contributed by atoms with Gasteiger partial charge in [-0.25, -0.2) is 0 Å². The summed E-state index contributed by atoms with van der Waals surface area (Å²) in [5.74, 6) is 1.53. The predicted octanol–water partition coefficient (Wildman–Crippen LogP) is 4.55. The molecule has 1 aromatic heterocycles. The molecule has 0 amide bonds. The van der Waals surface area contributed by atoms with Gasteiger partial charge in [-0.05, 0) is 31.5 Å². The molecule has 1 heterocycles. The molecule has 0 fully saturated rings. The summed E-state index contributed by atoms with van der Waals surface area (Å²) in [6.07, 6.45) is 0.379. The number of nitrogens with zero attached hydrogens (tertiary/aromatic N) is 2. The Balaban J connectivity index is 2.07. The Morgan fingerprint density at radius 3 is 2.89 bits per heavy atom. The molecule has 0 saturated heterocycles. The summed E-state index contributed by atoms with van der Waals surface area (Å²) < 4.78 is 10.8. The van der Waals surface area contributed by atoms with Crippen LogP contribution in [0.2, 0.25) is 5.02 Å². The van der Waals surface area contributed by atoms with Crippen molar-refractivity contribution in [1.29, 1.82) is 0 Å². The van der Waals surface area contributed by atoms with Gasteiger partial charge in [0.05, 0.1) is 5.38 Å². The monoisotopic (exact) mass is 300 g/mol. The Kier molecular flexibility index (Phi) is 4.66.